The van der Waals surface area contributed by atoms with Crippen LogP contribution in [0.4, 0.5) is 0 Å². The molecule has 31 heavy (non-hydrogen) atoms. The maximum absolute atomic E-state index is 10.4. The minimum absolute atomic E-state index is 0.346. The first-order valence-electron chi connectivity index (χ1n) is 13.4. The van der Waals surface area contributed by atoms with E-state index in [0.29, 0.717) is 6.42 Å². The van der Waals surface area contributed by atoms with Gasteiger partial charge in [-0.05, 0) is 13.3 Å². The highest BCUT2D eigenvalue weighted by molar-refractivity contribution is 5.66. The SMILES string of the molecule is CCCCCCCCCCCCCCCCCCCCCC(=O)O.Cc1ccccc1. The maximum atomic E-state index is 10.4. The molecule has 0 atom stereocenters. The van der Waals surface area contributed by atoms with Gasteiger partial charge in [0.15, 0.2) is 0 Å². The third-order valence-corrected chi connectivity index (χ3v) is 5.93. The Bertz CT molecular complexity index is 469. The summed E-state index contributed by atoms with van der Waals surface area (Å²) in [5.74, 6) is -0.651. The van der Waals surface area contributed by atoms with Gasteiger partial charge < -0.3 is 5.11 Å². The lowest BCUT2D eigenvalue weighted by atomic mass is 10.0. The molecule has 0 aliphatic carbocycles. The Balaban J connectivity index is 0.00000107. The topological polar surface area (TPSA) is 37.3 Å². The average Bonchev–Trinajstić information content (AvgIpc) is 2.76. The highest BCUT2D eigenvalue weighted by Crippen LogP contribution is 2.14. The van der Waals surface area contributed by atoms with Crippen LogP contribution in [0.15, 0.2) is 30.3 Å². The van der Waals surface area contributed by atoms with E-state index in [4.69, 9.17) is 5.11 Å². The molecule has 1 N–H and O–H groups in total. The van der Waals surface area contributed by atoms with E-state index in [9.17, 15) is 4.79 Å². The Hall–Kier alpha value is -1.31. The van der Waals surface area contributed by atoms with Gasteiger partial charge in [-0.1, -0.05) is 158 Å². The molecule has 0 aliphatic rings. The van der Waals surface area contributed by atoms with E-state index in [-0.39, 0.29) is 0 Å². The summed E-state index contributed by atoms with van der Waals surface area (Å²) < 4.78 is 0. The number of hydrogen-bond acceptors (Lipinski definition) is 1. The summed E-state index contributed by atoms with van der Waals surface area (Å²) >= 11 is 0. The number of carboxylic acid groups (broad SMARTS) is 1. The van der Waals surface area contributed by atoms with Crippen LogP contribution in [0.2, 0.25) is 0 Å². The normalized spacial score (nSPS) is 10.5. The molecular formula is C29H52O2. The number of carboxylic acids is 1. The molecule has 0 bridgehead atoms. The average molecular weight is 433 g/mol. The Morgan fingerprint density at radius 1 is 0.581 bits per heavy atom. The summed E-state index contributed by atoms with van der Waals surface area (Å²) in [4.78, 5) is 10.4. The van der Waals surface area contributed by atoms with E-state index in [1.807, 2.05) is 18.2 Å². The second kappa shape index (κ2) is 25.0. The van der Waals surface area contributed by atoms with Gasteiger partial charge in [0.25, 0.3) is 0 Å². The van der Waals surface area contributed by atoms with Crippen molar-refractivity contribution in [2.75, 3.05) is 0 Å². The van der Waals surface area contributed by atoms with Crippen LogP contribution in [-0.4, -0.2) is 11.1 Å². The standard InChI is InChI=1S/C22H44O2.C7H8/c1-2-3-4-5-6-7-8-9-10-11-12-13-14-15-16-17-18-19-20-21-22(23)24;1-7-5-3-2-4-6-7/h2-21H2,1H3,(H,23,24);2-6H,1H3. The van der Waals surface area contributed by atoms with Crippen LogP contribution in [0.5, 0.6) is 0 Å². The van der Waals surface area contributed by atoms with Crippen LogP contribution in [0.1, 0.15) is 141 Å². The van der Waals surface area contributed by atoms with Crippen molar-refractivity contribution in [3.05, 3.63) is 35.9 Å². The highest BCUT2D eigenvalue weighted by Gasteiger charge is 1.97. The Kier molecular flexibility index (Phi) is 23.9. The Morgan fingerprint density at radius 2 is 0.903 bits per heavy atom. The van der Waals surface area contributed by atoms with E-state index in [1.165, 1.54) is 115 Å². The summed E-state index contributed by atoms with van der Waals surface area (Å²) in [7, 11) is 0. The summed E-state index contributed by atoms with van der Waals surface area (Å²) in [5, 5.41) is 8.56. The summed E-state index contributed by atoms with van der Waals surface area (Å²) in [6.45, 7) is 4.37. The first-order valence-corrected chi connectivity index (χ1v) is 13.4. The van der Waals surface area contributed by atoms with Crippen molar-refractivity contribution >= 4 is 5.97 Å². The van der Waals surface area contributed by atoms with Crippen LogP contribution in [0.3, 0.4) is 0 Å². The van der Waals surface area contributed by atoms with Crippen LogP contribution in [-0.2, 0) is 4.79 Å². The largest absolute Gasteiger partial charge is 0.481 e. The minimum atomic E-state index is -0.651. The van der Waals surface area contributed by atoms with Gasteiger partial charge in [0.1, 0.15) is 0 Å². The zero-order valence-corrected chi connectivity index (χ0v) is 20.9. The number of aryl methyl sites for hydroxylation is 1. The molecule has 1 aromatic carbocycles. The van der Waals surface area contributed by atoms with Crippen molar-refractivity contribution in [3.63, 3.8) is 0 Å². The van der Waals surface area contributed by atoms with Crippen molar-refractivity contribution in [1.82, 2.24) is 0 Å². The molecule has 1 aromatic rings. The van der Waals surface area contributed by atoms with E-state index in [2.05, 4.69) is 26.0 Å². The zero-order valence-electron chi connectivity index (χ0n) is 20.9. The van der Waals surface area contributed by atoms with Gasteiger partial charge in [-0.3, -0.25) is 4.79 Å². The van der Waals surface area contributed by atoms with Gasteiger partial charge in [-0.25, -0.2) is 0 Å². The third-order valence-electron chi connectivity index (χ3n) is 5.93. The van der Waals surface area contributed by atoms with Gasteiger partial charge in [-0.15, -0.1) is 0 Å². The number of aliphatic carboxylic acids is 1. The van der Waals surface area contributed by atoms with Crippen molar-refractivity contribution in [2.45, 2.75) is 142 Å². The molecule has 0 unspecified atom stereocenters. The fraction of sp³-hybridized carbons (Fsp3) is 0.759. The predicted molar refractivity (Wildman–Crippen MR) is 137 cm³/mol. The van der Waals surface area contributed by atoms with E-state index < -0.39 is 5.97 Å². The molecule has 0 aromatic heterocycles. The van der Waals surface area contributed by atoms with Crippen molar-refractivity contribution < 1.29 is 9.90 Å². The Labute approximate surface area is 194 Å². The molecule has 0 heterocycles. The quantitative estimate of drug-likeness (QED) is 0.208. The highest BCUT2D eigenvalue weighted by atomic mass is 16.4. The first-order chi connectivity index (χ1) is 15.2. The Morgan fingerprint density at radius 3 is 1.16 bits per heavy atom. The molecule has 0 amide bonds. The molecule has 0 aliphatic heterocycles. The predicted octanol–water partition coefficient (Wildman–Crippen LogP) is 9.89. The van der Waals surface area contributed by atoms with Crippen molar-refractivity contribution in [1.29, 1.82) is 0 Å². The lowest BCUT2D eigenvalue weighted by molar-refractivity contribution is -0.137. The van der Waals surface area contributed by atoms with Gasteiger partial charge in [-0.2, -0.15) is 0 Å². The lowest BCUT2D eigenvalue weighted by Gasteiger charge is -2.03. The number of unbranched alkanes of at least 4 members (excludes halogenated alkanes) is 18. The molecule has 0 spiro atoms. The lowest BCUT2D eigenvalue weighted by Crippen LogP contribution is -1.93. The fourth-order valence-electron chi connectivity index (χ4n) is 3.89. The monoisotopic (exact) mass is 432 g/mol. The molecule has 180 valence electrons. The number of benzene rings is 1. The van der Waals surface area contributed by atoms with Crippen LogP contribution in [0, 0.1) is 6.92 Å². The van der Waals surface area contributed by atoms with Crippen LogP contribution in [0.25, 0.3) is 0 Å². The van der Waals surface area contributed by atoms with Crippen molar-refractivity contribution in [3.8, 4) is 0 Å². The maximum Gasteiger partial charge on any atom is 0.303 e. The van der Waals surface area contributed by atoms with Gasteiger partial charge in [0, 0.05) is 6.42 Å². The molecule has 0 radical (unpaired) electrons. The number of hydrogen-bond donors (Lipinski definition) is 1. The van der Waals surface area contributed by atoms with Crippen LogP contribution < -0.4 is 0 Å². The second-order valence-corrected chi connectivity index (χ2v) is 9.16. The van der Waals surface area contributed by atoms with E-state index in [1.54, 1.807) is 0 Å². The van der Waals surface area contributed by atoms with Crippen molar-refractivity contribution in [2.24, 2.45) is 0 Å². The zero-order chi connectivity index (χ0) is 22.8. The smallest absolute Gasteiger partial charge is 0.303 e. The molecule has 0 fully saturated rings. The number of rotatable bonds is 20. The van der Waals surface area contributed by atoms with Gasteiger partial charge in [0.05, 0.1) is 0 Å². The van der Waals surface area contributed by atoms with Gasteiger partial charge in [0.2, 0.25) is 0 Å². The molecule has 0 saturated carbocycles. The first kappa shape index (κ1) is 29.7. The molecule has 2 nitrogen and oxygen atoms in total. The summed E-state index contributed by atoms with van der Waals surface area (Å²) in [6, 6.07) is 10.3. The number of carbonyl (C=O) groups is 1. The molecular weight excluding hydrogens is 380 g/mol. The van der Waals surface area contributed by atoms with Gasteiger partial charge >= 0.3 is 5.97 Å². The van der Waals surface area contributed by atoms with E-state index in [0.717, 1.165) is 12.8 Å². The molecule has 0 saturated heterocycles. The third kappa shape index (κ3) is 26.7. The molecule has 1 rings (SSSR count). The summed E-state index contributed by atoms with van der Waals surface area (Å²) in [5.41, 5.74) is 1.32. The molecule has 2 heteroatoms. The fourth-order valence-corrected chi connectivity index (χ4v) is 3.89. The minimum Gasteiger partial charge on any atom is -0.481 e. The van der Waals surface area contributed by atoms with E-state index >= 15 is 0 Å². The van der Waals surface area contributed by atoms with Crippen LogP contribution >= 0.6 is 0 Å². The second-order valence-electron chi connectivity index (χ2n) is 9.16. The summed E-state index contributed by atoms with van der Waals surface area (Å²) in [6.07, 6.45) is 26.1.